The Kier molecular flexibility index (Phi) is 16.5. The number of aromatic nitrogens is 4. The van der Waals surface area contributed by atoms with Crippen LogP contribution in [0, 0.1) is 5.92 Å². The van der Waals surface area contributed by atoms with Gasteiger partial charge in [-0.3, -0.25) is 37.8 Å². The van der Waals surface area contributed by atoms with Gasteiger partial charge >= 0.3 is 26.6 Å². The standard InChI is InChI=1S/C16H25N2O7P.C15H23N2O8P/c1-5-23-26(21,24-6-2)10-8-12-11(3)14(22-4)15(25-12)18-9-7-13(19)17-16(18)20;1-4-23-26(21,24-5-2)9-7-10-12(19)13(22-3)14(25-10)17-8-6-11(18)16-15(17)20/h7-12,14-15H,5-6H2,1-4H3,(H,17,19,20);6-10,12-14,19H,4-5H2,1-3H3,(H,16,18,20)/b10-8+;9-7+/t11-,12-,14-,15-;10-,12-,13-,14-/m00/s1. The van der Waals surface area contributed by atoms with Crippen LogP contribution in [0.4, 0.5) is 0 Å². The fourth-order valence-corrected chi connectivity index (χ4v) is 8.19. The van der Waals surface area contributed by atoms with E-state index < -0.39 is 80.7 Å². The van der Waals surface area contributed by atoms with Crippen molar-refractivity contribution in [3.63, 3.8) is 0 Å². The minimum absolute atomic E-state index is 0.142. The van der Waals surface area contributed by atoms with Gasteiger partial charge in [-0.25, -0.2) is 9.59 Å². The molecule has 2 aliphatic rings. The lowest BCUT2D eigenvalue weighted by atomic mass is 10.0. The first-order chi connectivity index (χ1) is 24.7. The number of ether oxygens (including phenoxy) is 4. The highest BCUT2D eigenvalue weighted by Crippen LogP contribution is 2.51. The number of aliphatic hydroxyl groups excluding tert-OH is 1. The molecule has 2 fully saturated rings. The molecule has 2 saturated heterocycles. The van der Waals surface area contributed by atoms with Crippen molar-refractivity contribution in [1.29, 1.82) is 0 Å². The van der Waals surface area contributed by atoms with E-state index in [2.05, 4.69) is 9.97 Å². The van der Waals surface area contributed by atoms with E-state index in [1.54, 1.807) is 33.8 Å². The van der Waals surface area contributed by atoms with Crippen LogP contribution in [0.5, 0.6) is 0 Å². The third-order valence-corrected chi connectivity index (χ3v) is 11.4. The highest BCUT2D eigenvalue weighted by Gasteiger charge is 2.45. The second kappa shape index (κ2) is 19.9. The number of aliphatic hydroxyl groups is 1. The maximum atomic E-state index is 12.6. The van der Waals surface area contributed by atoms with Crippen molar-refractivity contribution >= 4 is 15.2 Å². The van der Waals surface area contributed by atoms with Crippen molar-refractivity contribution in [3.05, 3.63) is 90.0 Å². The molecule has 0 spiro atoms. The van der Waals surface area contributed by atoms with Gasteiger partial charge in [0, 0.05) is 56.3 Å². The quantitative estimate of drug-likeness (QED) is 0.208. The first-order valence-corrected chi connectivity index (χ1v) is 19.8. The largest absolute Gasteiger partial charge is 0.387 e. The molecular weight excluding hydrogens is 730 g/mol. The van der Waals surface area contributed by atoms with Gasteiger partial charge in [-0.15, -0.1) is 0 Å². The summed E-state index contributed by atoms with van der Waals surface area (Å²) in [6.45, 7) is 9.59. The lowest BCUT2D eigenvalue weighted by Crippen LogP contribution is -2.38. The summed E-state index contributed by atoms with van der Waals surface area (Å²) in [6, 6.07) is 2.40. The second-order valence-corrected chi connectivity index (χ2v) is 15.0. The molecule has 0 aromatic carbocycles. The maximum Gasteiger partial charge on any atom is 0.353 e. The molecule has 2 aromatic rings. The molecule has 52 heavy (non-hydrogen) atoms. The Morgan fingerprint density at radius 3 is 1.48 bits per heavy atom. The van der Waals surface area contributed by atoms with Crippen LogP contribution in [0.2, 0.25) is 0 Å². The van der Waals surface area contributed by atoms with Gasteiger partial charge in [-0.05, 0) is 39.8 Å². The highest BCUT2D eigenvalue weighted by molar-refractivity contribution is 7.57. The van der Waals surface area contributed by atoms with Gasteiger partial charge in [0.2, 0.25) is 0 Å². The topological polar surface area (TPSA) is 238 Å². The van der Waals surface area contributed by atoms with Crippen LogP contribution in [0.25, 0.3) is 0 Å². The van der Waals surface area contributed by atoms with Crippen LogP contribution in [-0.2, 0) is 46.2 Å². The fraction of sp³-hybridized carbons (Fsp3) is 0.613. The van der Waals surface area contributed by atoms with E-state index in [9.17, 15) is 33.4 Å². The van der Waals surface area contributed by atoms with Crippen LogP contribution in [0.3, 0.4) is 0 Å². The fourth-order valence-electron chi connectivity index (χ4n) is 5.50. The minimum Gasteiger partial charge on any atom is -0.387 e. The number of H-pyrrole nitrogens is 2. The van der Waals surface area contributed by atoms with Crippen molar-refractivity contribution in [3.8, 4) is 0 Å². The SMILES string of the molecule is CCOP(=O)(/C=C/[C@@H]1O[C@H](n2ccc(=O)[nH]c2=O)[C@@H](OC)[C@H]1C)OCC.CCOP(=O)(/C=C/[C@@H]1O[C@H](n2ccc(=O)[nH]c2=O)[C@@H](OC)[C@H]1O)OCC. The van der Waals surface area contributed by atoms with Gasteiger partial charge in [0.25, 0.3) is 11.1 Å². The number of methoxy groups -OCH3 is 2. The Labute approximate surface area is 299 Å². The third-order valence-electron chi connectivity index (χ3n) is 7.81. The summed E-state index contributed by atoms with van der Waals surface area (Å²) >= 11 is 0. The molecular formula is C31H48N4O15P2. The zero-order valence-electron chi connectivity index (χ0n) is 30.0. The van der Waals surface area contributed by atoms with Gasteiger partial charge in [-0.1, -0.05) is 6.92 Å². The van der Waals surface area contributed by atoms with E-state index in [-0.39, 0.29) is 32.3 Å². The zero-order chi connectivity index (χ0) is 38.6. The summed E-state index contributed by atoms with van der Waals surface area (Å²) < 4.78 is 70.5. The summed E-state index contributed by atoms with van der Waals surface area (Å²) in [5, 5.41) is 10.4. The van der Waals surface area contributed by atoms with E-state index in [0.717, 1.165) is 10.6 Å². The Balaban J connectivity index is 0.000000280. The molecule has 2 aromatic heterocycles. The molecule has 0 radical (unpaired) electrons. The third kappa shape index (κ3) is 11.0. The van der Waals surface area contributed by atoms with Crippen molar-refractivity contribution in [2.75, 3.05) is 40.6 Å². The van der Waals surface area contributed by atoms with Crippen LogP contribution in [0.1, 0.15) is 47.1 Å². The number of aromatic amines is 2. The zero-order valence-corrected chi connectivity index (χ0v) is 31.8. The molecule has 19 nitrogen and oxygen atoms in total. The van der Waals surface area contributed by atoms with Crippen LogP contribution < -0.4 is 22.5 Å². The molecule has 292 valence electrons. The van der Waals surface area contributed by atoms with Crippen molar-refractivity contribution in [2.45, 2.75) is 77.6 Å². The minimum atomic E-state index is -3.46. The normalized spacial score (nSPS) is 26.6. The molecule has 3 N–H and O–H groups in total. The van der Waals surface area contributed by atoms with Crippen molar-refractivity contribution < 1.29 is 51.3 Å². The van der Waals surface area contributed by atoms with E-state index >= 15 is 0 Å². The average Bonchev–Trinajstić information content (AvgIpc) is 3.58. The van der Waals surface area contributed by atoms with Gasteiger partial charge in [-0.2, -0.15) is 0 Å². The van der Waals surface area contributed by atoms with Crippen LogP contribution in [0.15, 0.2) is 67.5 Å². The molecule has 2 aliphatic heterocycles. The summed E-state index contributed by atoms with van der Waals surface area (Å²) in [6.07, 6.45) is 0.0229. The van der Waals surface area contributed by atoms with E-state index in [1.807, 2.05) is 6.92 Å². The van der Waals surface area contributed by atoms with Gasteiger partial charge in [0.1, 0.15) is 24.4 Å². The molecule has 0 aliphatic carbocycles. The summed E-state index contributed by atoms with van der Waals surface area (Å²) in [5.74, 6) is 2.46. The van der Waals surface area contributed by atoms with Gasteiger partial charge in [0.05, 0.1) is 32.5 Å². The first-order valence-electron chi connectivity index (χ1n) is 16.5. The lowest BCUT2D eigenvalue weighted by molar-refractivity contribution is -0.0491. The smallest absolute Gasteiger partial charge is 0.353 e. The number of hydrogen-bond donors (Lipinski definition) is 3. The summed E-state index contributed by atoms with van der Waals surface area (Å²) in [4.78, 5) is 50.8. The molecule has 0 saturated carbocycles. The average molecular weight is 779 g/mol. The van der Waals surface area contributed by atoms with Gasteiger partial charge < -0.3 is 42.1 Å². The van der Waals surface area contributed by atoms with E-state index in [0.29, 0.717) is 0 Å². The highest BCUT2D eigenvalue weighted by atomic mass is 31.2. The van der Waals surface area contributed by atoms with Gasteiger partial charge in [0.15, 0.2) is 12.5 Å². The van der Waals surface area contributed by atoms with Crippen molar-refractivity contribution in [1.82, 2.24) is 19.1 Å². The Morgan fingerprint density at radius 2 is 1.10 bits per heavy atom. The number of hydrogen-bond acceptors (Lipinski definition) is 15. The molecule has 4 rings (SSSR count). The summed E-state index contributed by atoms with van der Waals surface area (Å²) in [7, 11) is -3.94. The number of nitrogens with zero attached hydrogens (tertiary/aromatic N) is 2. The number of nitrogens with one attached hydrogen (secondary N) is 2. The maximum absolute atomic E-state index is 12.6. The summed E-state index contributed by atoms with van der Waals surface area (Å²) in [5.41, 5.74) is -2.33. The number of rotatable bonds is 16. The molecule has 0 unspecified atom stereocenters. The Hall–Kier alpha value is -3.06. The Morgan fingerprint density at radius 1 is 0.712 bits per heavy atom. The second-order valence-electron chi connectivity index (χ2n) is 11.2. The first kappa shape index (κ1) is 43.3. The van der Waals surface area contributed by atoms with Crippen molar-refractivity contribution in [2.24, 2.45) is 5.92 Å². The lowest BCUT2D eigenvalue weighted by Gasteiger charge is -2.20. The molecule has 4 heterocycles. The predicted octanol–water partition coefficient (Wildman–Crippen LogP) is 2.45. The van der Waals surface area contributed by atoms with Crippen LogP contribution in [-0.4, -0.2) is 95.4 Å². The van der Waals surface area contributed by atoms with E-state index in [1.165, 1.54) is 55.0 Å². The molecule has 0 bridgehead atoms. The monoisotopic (exact) mass is 778 g/mol. The van der Waals surface area contributed by atoms with Crippen LogP contribution >= 0.6 is 15.2 Å². The predicted molar refractivity (Wildman–Crippen MR) is 187 cm³/mol. The molecule has 8 atom stereocenters. The Bertz CT molecular complexity index is 1690. The molecule has 21 heteroatoms. The van der Waals surface area contributed by atoms with E-state index in [4.69, 9.17) is 37.0 Å². The molecule has 0 amide bonds.